The van der Waals surface area contributed by atoms with Crippen molar-refractivity contribution in [1.82, 2.24) is 0 Å². The van der Waals surface area contributed by atoms with Crippen LogP contribution < -0.4 is 4.90 Å². The Morgan fingerprint density at radius 3 is 1.36 bits per heavy atom. The van der Waals surface area contributed by atoms with Gasteiger partial charge in [0.25, 0.3) is 0 Å². The molecule has 0 atom stereocenters. The Labute approximate surface area is 302 Å². The fraction of sp³-hybridized carbons (Fsp3) is 0.351. The van der Waals surface area contributed by atoms with E-state index in [4.69, 9.17) is 14.2 Å². The Morgan fingerprint density at radius 1 is 0.578 bits per heavy atom. The maximum absolute atomic E-state index is 5.81. The quantitative estimate of drug-likeness (QED) is 0.111. The molecule has 4 aromatic rings. The standard InChI is InChI=1S/C19H29BrO3.C18H12Br3N/c1-2-19(15-23-16-19)14-22-12-6-4-3-5-11-21-13-17-7-9-18(20)10-8-17;19-13-1-7-16(8-2-13)22(17-9-3-14(20)4-10-17)18-11-5-15(21)6-12-18/h7-10H,2-6,11-16H2,1H3;1-12H. The largest absolute Gasteiger partial charge is 0.381 e. The van der Waals surface area contributed by atoms with Gasteiger partial charge in [-0.25, -0.2) is 0 Å². The summed E-state index contributed by atoms with van der Waals surface area (Å²) in [7, 11) is 0. The van der Waals surface area contributed by atoms with Crippen molar-refractivity contribution in [3.63, 3.8) is 0 Å². The maximum atomic E-state index is 5.81. The number of rotatable bonds is 15. The molecule has 1 aliphatic rings. The molecule has 4 nitrogen and oxygen atoms in total. The lowest BCUT2D eigenvalue weighted by molar-refractivity contribution is -0.150. The molecule has 0 unspecified atom stereocenters. The molecule has 0 aromatic heterocycles. The van der Waals surface area contributed by atoms with Crippen molar-refractivity contribution in [1.29, 1.82) is 0 Å². The molecule has 0 N–H and O–H groups in total. The van der Waals surface area contributed by atoms with Crippen LogP contribution in [0, 0.1) is 5.41 Å². The highest BCUT2D eigenvalue weighted by Gasteiger charge is 2.36. The lowest BCUT2D eigenvalue weighted by atomic mass is 9.84. The zero-order chi connectivity index (χ0) is 31.9. The molecule has 4 aromatic carbocycles. The van der Waals surface area contributed by atoms with E-state index in [-0.39, 0.29) is 0 Å². The first-order valence-electron chi connectivity index (χ1n) is 15.4. The van der Waals surface area contributed by atoms with Gasteiger partial charge in [-0.05, 0) is 110 Å². The van der Waals surface area contributed by atoms with Crippen LogP contribution in [0.4, 0.5) is 17.1 Å². The van der Waals surface area contributed by atoms with E-state index < -0.39 is 0 Å². The van der Waals surface area contributed by atoms with E-state index in [9.17, 15) is 0 Å². The molecule has 1 aliphatic heterocycles. The second kappa shape index (κ2) is 19.3. The third-order valence-corrected chi connectivity index (χ3v) is 9.85. The Kier molecular flexibility index (Phi) is 15.6. The maximum Gasteiger partial charge on any atom is 0.0716 e. The fourth-order valence-electron chi connectivity index (χ4n) is 4.82. The van der Waals surface area contributed by atoms with Crippen molar-refractivity contribution in [2.45, 2.75) is 45.6 Å². The van der Waals surface area contributed by atoms with Crippen molar-refractivity contribution in [2.75, 3.05) is 37.9 Å². The van der Waals surface area contributed by atoms with Crippen molar-refractivity contribution >= 4 is 80.8 Å². The summed E-state index contributed by atoms with van der Waals surface area (Å²) >= 11 is 13.9. The number of hydrogen-bond acceptors (Lipinski definition) is 4. The monoisotopic (exact) mass is 863 g/mol. The highest BCUT2D eigenvalue weighted by molar-refractivity contribution is 9.11. The van der Waals surface area contributed by atoms with Crippen LogP contribution in [0.1, 0.15) is 44.6 Å². The van der Waals surface area contributed by atoms with Gasteiger partial charge in [0.1, 0.15) is 0 Å². The SMILES string of the molecule is Brc1ccc(N(c2ccc(Br)cc2)c2ccc(Br)cc2)cc1.CCC1(COCCCCCCOCc2ccc(Br)cc2)COC1. The first-order valence-corrected chi connectivity index (χ1v) is 18.6. The molecule has 1 heterocycles. The number of ether oxygens (including phenoxy) is 3. The summed E-state index contributed by atoms with van der Waals surface area (Å²) in [5, 5.41) is 0. The lowest BCUT2D eigenvalue weighted by Gasteiger charge is -2.40. The third-order valence-electron chi connectivity index (χ3n) is 7.74. The van der Waals surface area contributed by atoms with Crippen LogP contribution in [0.2, 0.25) is 0 Å². The van der Waals surface area contributed by atoms with Gasteiger partial charge in [0.2, 0.25) is 0 Å². The minimum Gasteiger partial charge on any atom is -0.381 e. The van der Waals surface area contributed by atoms with Crippen molar-refractivity contribution in [3.05, 3.63) is 121 Å². The van der Waals surface area contributed by atoms with E-state index in [1.807, 2.05) is 0 Å². The number of unbranched alkanes of at least 4 members (excludes halogenated alkanes) is 3. The van der Waals surface area contributed by atoms with Gasteiger partial charge in [0.05, 0.1) is 26.4 Å². The summed E-state index contributed by atoms with van der Waals surface area (Å²) in [4.78, 5) is 2.23. The van der Waals surface area contributed by atoms with E-state index in [0.29, 0.717) is 12.0 Å². The van der Waals surface area contributed by atoms with Crippen molar-refractivity contribution in [2.24, 2.45) is 5.41 Å². The molecule has 0 radical (unpaired) electrons. The van der Waals surface area contributed by atoms with E-state index in [0.717, 1.165) is 87.2 Å². The minimum atomic E-state index is 0.320. The van der Waals surface area contributed by atoms with Gasteiger partial charge in [0, 0.05) is 53.6 Å². The smallest absolute Gasteiger partial charge is 0.0716 e. The Bertz CT molecular complexity index is 1280. The normalized spacial score (nSPS) is 13.4. The van der Waals surface area contributed by atoms with Gasteiger partial charge < -0.3 is 19.1 Å². The number of hydrogen-bond donors (Lipinski definition) is 0. The summed E-state index contributed by atoms with van der Waals surface area (Å²) in [5.41, 5.74) is 4.90. The Balaban J connectivity index is 0.000000205. The van der Waals surface area contributed by atoms with Gasteiger partial charge >= 0.3 is 0 Å². The summed E-state index contributed by atoms with van der Waals surface area (Å²) in [6, 6.07) is 33.3. The summed E-state index contributed by atoms with van der Waals surface area (Å²) in [6.07, 6.45) is 5.86. The van der Waals surface area contributed by atoms with Crippen LogP contribution >= 0.6 is 63.7 Å². The van der Waals surface area contributed by atoms with Crippen molar-refractivity contribution < 1.29 is 14.2 Å². The summed E-state index contributed by atoms with van der Waals surface area (Å²) in [6.45, 7) is 7.25. The van der Waals surface area contributed by atoms with E-state index in [1.165, 1.54) is 18.4 Å². The predicted octanol–water partition coefficient (Wildman–Crippen LogP) is 12.4. The number of benzene rings is 4. The van der Waals surface area contributed by atoms with Crippen LogP contribution in [0.5, 0.6) is 0 Å². The number of anilines is 3. The molecule has 5 rings (SSSR count). The average molecular weight is 867 g/mol. The molecular weight excluding hydrogens is 826 g/mol. The van der Waals surface area contributed by atoms with Crippen LogP contribution in [0.3, 0.4) is 0 Å². The molecule has 0 spiro atoms. The minimum absolute atomic E-state index is 0.320. The molecule has 0 bridgehead atoms. The molecule has 0 saturated carbocycles. The predicted molar refractivity (Wildman–Crippen MR) is 201 cm³/mol. The summed E-state index contributed by atoms with van der Waals surface area (Å²) in [5.74, 6) is 0. The molecule has 240 valence electrons. The van der Waals surface area contributed by atoms with Gasteiger partial charge in [-0.15, -0.1) is 0 Å². The lowest BCUT2D eigenvalue weighted by Crippen LogP contribution is -2.45. The van der Waals surface area contributed by atoms with E-state index >= 15 is 0 Å². The fourth-order valence-corrected chi connectivity index (χ4v) is 5.88. The second-order valence-electron chi connectivity index (χ2n) is 11.3. The summed E-state index contributed by atoms with van der Waals surface area (Å²) < 4.78 is 21.1. The average Bonchev–Trinajstić information content (AvgIpc) is 3.03. The second-order valence-corrected chi connectivity index (χ2v) is 14.9. The molecule has 1 fully saturated rings. The first kappa shape index (κ1) is 36.3. The zero-order valence-corrected chi connectivity index (χ0v) is 32.0. The number of halogens is 4. The van der Waals surface area contributed by atoms with E-state index in [2.05, 4.69) is 173 Å². The van der Waals surface area contributed by atoms with Crippen LogP contribution in [0.15, 0.2) is 115 Å². The molecule has 0 amide bonds. The van der Waals surface area contributed by atoms with Gasteiger partial charge in [-0.1, -0.05) is 95.6 Å². The highest BCUT2D eigenvalue weighted by Crippen LogP contribution is 2.36. The van der Waals surface area contributed by atoms with Crippen LogP contribution in [-0.4, -0.2) is 33.0 Å². The van der Waals surface area contributed by atoms with Gasteiger partial charge in [-0.3, -0.25) is 0 Å². The first-order chi connectivity index (χ1) is 21.9. The third kappa shape index (κ3) is 12.2. The highest BCUT2D eigenvalue weighted by atomic mass is 79.9. The molecular formula is C37H41Br4NO3. The van der Waals surface area contributed by atoms with Crippen LogP contribution in [0.25, 0.3) is 0 Å². The Morgan fingerprint density at radius 2 is 0.978 bits per heavy atom. The zero-order valence-electron chi connectivity index (χ0n) is 25.7. The molecule has 8 heteroatoms. The molecule has 45 heavy (non-hydrogen) atoms. The Hall–Kier alpha value is -1.52. The molecule has 1 saturated heterocycles. The van der Waals surface area contributed by atoms with Crippen LogP contribution in [-0.2, 0) is 20.8 Å². The van der Waals surface area contributed by atoms with Gasteiger partial charge in [0.15, 0.2) is 0 Å². The number of nitrogens with zero attached hydrogens (tertiary/aromatic N) is 1. The van der Waals surface area contributed by atoms with Gasteiger partial charge in [-0.2, -0.15) is 0 Å². The van der Waals surface area contributed by atoms with Crippen molar-refractivity contribution in [3.8, 4) is 0 Å². The topological polar surface area (TPSA) is 30.9 Å². The molecule has 0 aliphatic carbocycles. The van der Waals surface area contributed by atoms with E-state index in [1.54, 1.807) is 0 Å².